The van der Waals surface area contributed by atoms with Crippen LogP contribution < -0.4 is 27.4 Å². The van der Waals surface area contributed by atoms with Crippen molar-refractivity contribution in [3.63, 3.8) is 0 Å². The molecule has 0 rings (SSSR count). The molecule has 13 heteroatoms. The number of nitrogens with one attached hydrogen (secondary N) is 3. The van der Waals surface area contributed by atoms with Crippen molar-refractivity contribution in [2.75, 3.05) is 18.6 Å². The highest BCUT2D eigenvalue weighted by atomic mass is 32.2. The fourth-order valence-electron chi connectivity index (χ4n) is 2.64. The van der Waals surface area contributed by atoms with E-state index >= 15 is 0 Å². The minimum absolute atomic E-state index is 0.0536. The normalized spacial score (nSPS) is 14.7. The van der Waals surface area contributed by atoms with Gasteiger partial charge < -0.3 is 37.6 Å². The van der Waals surface area contributed by atoms with Crippen LogP contribution in [0.25, 0.3) is 0 Å². The topological polar surface area (TPSA) is 214 Å². The maximum Gasteiger partial charge on any atom is 0.328 e. The number of carbonyl (C=O) groups excluding carboxylic acids is 4. The number of nitrogens with two attached hydrogens (primary N) is 2. The highest BCUT2D eigenvalue weighted by Gasteiger charge is 2.30. The summed E-state index contributed by atoms with van der Waals surface area (Å²) in [5, 5.41) is 25.3. The number of hydrogen-bond acceptors (Lipinski definition) is 8. The number of aliphatic carboxylic acids is 1. The summed E-state index contributed by atoms with van der Waals surface area (Å²) in [6.07, 6.45) is 2.11. The molecule has 0 saturated heterocycles. The number of aliphatic hydroxyl groups excluding tert-OH is 1. The quantitative estimate of drug-likeness (QED) is 0.129. The Labute approximate surface area is 191 Å². The van der Waals surface area contributed by atoms with Crippen molar-refractivity contribution in [2.24, 2.45) is 17.4 Å². The lowest BCUT2D eigenvalue weighted by Crippen LogP contribution is -2.57. The maximum atomic E-state index is 12.8. The molecule has 0 fully saturated rings. The van der Waals surface area contributed by atoms with E-state index in [1.165, 1.54) is 11.8 Å². The molecule has 184 valence electrons. The number of thioether (sulfide) groups is 1. The van der Waals surface area contributed by atoms with Gasteiger partial charge >= 0.3 is 5.97 Å². The molecule has 0 aliphatic carbocycles. The number of rotatable bonds is 16. The number of primary amides is 1. The second-order valence-corrected chi connectivity index (χ2v) is 8.71. The monoisotopic (exact) mass is 477 g/mol. The largest absolute Gasteiger partial charge is 0.480 e. The van der Waals surface area contributed by atoms with Crippen molar-refractivity contribution >= 4 is 41.4 Å². The van der Waals surface area contributed by atoms with Gasteiger partial charge in [-0.2, -0.15) is 11.8 Å². The molecule has 32 heavy (non-hydrogen) atoms. The van der Waals surface area contributed by atoms with Crippen LogP contribution in [0.2, 0.25) is 0 Å². The Kier molecular flexibility index (Phi) is 14.3. The van der Waals surface area contributed by atoms with Crippen molar-refractivity contribution in [1.82, 2.24) is 16.0 Å². The van der Waals surface area contributed by atoms with Crippen LogP contribution in [0, 0.1) is 5.92 Å². The highest BCUT2D eigenvalue weighted by molar-refractivity contribution is 7.98. The lowest BCUT2D eigenvalue weighted by Gasteiger charge is -2.25. The standard InChI is InChI=1S/C19H35N5O7S/c1-10(2)8-13(18(29)24-14(9-25)19(30)31)23-17(28)12(4-5-15(21)26)22-16(27)11(20)6-7-32-3/h10-14,25H,4-9,20H2,1-3H3,(H2,21,26)(H,22,27)(H,23,28)(H,24,29)(H,30,31). The lowest BCUT2D eigenvalue weighted by molar-refractivity contribution is -0.143. The molecular formula is C19H35N5O7S. The first-order valence-corrected chi connectivity index (χ1v) is 11.6. The molecule has 4 atom stereocenters. The van der Waals surface area contributed by atoms with Gasteiger partial charge in [-0.25, -0.2) is 4.79 Å². The number of hydrogen-bond donors (Lipinski definition) is 7. The summed E-state index contributed by atoms with van der Waals surface area (Å²) in [6, 6.07) is -4.70. The van der Waals surface area contributed by atoms with Crippen molar-refractivity contribution in [1.29, 1.82) is 0 Å². The third kappa shape index (κ3) is 11.9. The summed E-state index contributed by atoms with van der Waals surface area (Å²) >= 11 is 1.51. The molecule has 0 aliphatic rings. The summed E-state index contributed by atoms with van der Waals surface area (Å²) in [5.41, 5.74) is 11.0. The Balaban J connectivity index is 5.43. The minimum Gasteiger partial charge on any atom is -0.480 e. The van der Waals surface area contributed by atoms with Crippen LogP contribution in [0.15, 0.2) is 0 Å². The molecule has 0 radical (unpaired) electrons. The van der Waals surface area contributed by atoms with Crippen LogP contribution in [-0.2, 0) is 24.0 Å². The van der Waals surface area contributed by atoms with Gasteiger partial charge in [-0.05, 0) is 37.2 Å². The zero-order valence-electron chi connectivity index (χ0n) is 18.6. The van der Waals surface area contributed by atoms with Crippen LogP contribution in [0.3, 0.4) is 0 Å². The molecule has 9 N–H and O–H groups in total. The van der Waals surface area contributed by atoms with Crippen LogP contribution in [0.5, 0.6) is 0 Å². The van der Waals surface area contributed by atoms with Crippen LogP contribution in [-0.4, -0.2) is 82.6 Å². The molecule has 0 heterocycles. The first-order chi connectivity index (χ1) is 14.9. The second-order valence-electron chi connectivity index (χ2n) is 7.73. The van der Waals surface area contributed by atoms with Gasteiger partial charge in [-0.3, -0.25) is 19.2 Å². The SMILES string of the molecule is CSCCC(N)C(=O)NC(CCC(N)=O)C(=O)NC(CC(C)C)C(=O)NC(CO)C(=O)O. The summed E-state index contributed by atoms with van der Waals surface area (Å²) < 4.78 is 0. The molecular weight excluding hydrogens is 442 g/mol. The first kappa shape index (κ1) is 29.6. The van der Waals surface area contributed by atoms with Gasteiger partial charge in [0.1, 0.15) is 18.1 Å². The molecule has 4 unspecified atom stereocenters. The van der Waals surface area contributed by atoms with E-state index in [1.54, 1.807) is 13.8 Å². The highest BCUT2D eigenvalue weighted by Crippen LogP contribution is 2.08. The fourth-order valence-corrected chi connectivity index (χ4v) is 3.13. The zero-order chi connectivity index (χ0) is 24.8. The molecule has 0 bridgehead atoms. The van der Waals surface area contributed by atoms with Crippen LogP contribution >= 0.6 is 11.8 Å². The third-order valence-corrected chi connectivity index (χ3v) is 5.06. The molecule has 0 aromatic carbocycles. The Morgan fingerprint density at radius 3 is 1.91 bits per heavy atom. The third-order valence-electron chi connectivity index (χ3n) is 4.42. The molecule has 0 aliphatic heterocycles. The number of aliphatic hydroxyl groups is 1. The molecule has 4 amide bonds. The van der Waals surface area contributed by atoms with Crippen molar-refractivity contribution in [3.8, 4) is 0 Å². The van der Waals surface area contributed by atoms with E-state index in [0.717, 1.165) is 0 Å². The average Bonchev–Trinajstić information content (AvgIpc) is 2.71. The van der Waals surface area contributed by atoms with Gasteiger partial charge in [0.15, 0.2) is 0 Å². The van der Waals surface area contributed by atoms with E-state index in [9.17, 15) is 24.0 Å². The fraction of sp³-hybridized carbons (Fsp3) is 0.737. The Morgan fingerprint density at radius 1 is 0.906 bits per heavy atom. The number of amides is 4. The van der Waals surface area contributed by atoms with Gasteiger partial charge in [0, 0.05) is 6.42 Å². The molecule has 0 saturated carbocycles. The molecule has 0 aromatic rings. The first-order valence-electron chi connectivity index (χ1n) is 10.2. The second kappa shape index (κ2) is 15.4. The minimum atomic E-state index is -1.53. The van der Waals surface area contributed by atoms with Gasteiger partial charge in [0.05, 0.1) is 12.6 Å². The van der Waals surface area contributed by atoms with Gasteiger partial charge in [-0.1, -0.05) is 13.8 Å². The van der Waals surface area contributed by atoms with E-state index in [0.29, 0.717) is 12.2 Å². The summed E-state index contributed by atoms with van der Waals surface area (Å²) in [4.78, 5) is 60.0. The predicted molar refractivity (Wildman–Crippen MR) is 119 cm³/mol. The Bertz CT molecular complexity index is 662. The van der Waals surface area contributed by atoms with Gasteiger partial charge in [0.25, 0.3) is 0 Å². The van der Waals surface area contributed by atoms with Crippen LogP contribution in [0.4, 0.5) is 0 Å². The smallest absolute Gasteiger partial charge is 0.328 e. The molecule has 12 nitrogen and oxygen atoms in total. The van der Waals surface area contributed by atoms with E-state index in [-0.39, 0.29) is 25.2 Å². The zero-order valence-corrected chi connectivity index (χ0v) is 19.4. The number of carbonyl (C=O) groups is 5. The number of carboxylic acids is 1. The average molecular weight is 478 g/mol. The maximum absolute atomic E-state index is 12.8. The molecule has 0 aromatic heterocycles. The van der Waals surface area contributed by atoms with Crippen molar-refractivity contribution < 1.29 is 34.2 Å². The number of carboxylic acid groups (broad SMARTS) is 1. The van der Waals surface area contributed by atoms with Crippen molar-refractivity contribution in [2.45, 2.75) is 63.7 Å². The van der Waals surface area contributed by atoms with Gasteiger partial charge in [0.2, 0.25) is 23.6 Å². The van der Waals surface area contributed by atoms with Crippen molar-refractivity contribution in [3.05, 3.63) is 0 Å². The van der Waals surface area contributed by atoms with Gasteiger partial charge in [-0.15, -0.1) is 0 Å². The van der Waals surface area contributed by atoms with E-state index in [4.69, 9.17) is 21.7 Å². The Hall–Kier alpha value is -2.38. The lowest BCUT2D eigenvalue weighted by atomic mass is 10.0. The van der Waals surface area contributed by atoms with E-state index < -0.39 is 60.4 Å². The molecule has 0 spiro atoms. The summed E-state index contributed by atoms with van der Waals surface area (Å²) in [6.45, 7) is 2.77. The Morgan fingerprint density at radius 2 is 1.44 bits per heavy atom. The summed E-state index contributed by atoms with van der Waals surface area (Å²) in [5.74, 6) is -3.65. The summed E-state index contributed by atoms with van der Waals surface area (Å²) in [7, 11) is 0. The predicted octanol–water partition coefficient (Wildman–Crippen LogP) is -2.09. The van der Waals surface area contributed by atoms with E-state index in [2.05, 4.69) is 16.0 Å². The van der Waals surface area contributed by atoms with Crippen LogP contribution in [0.1, 0.15) is 39.5 Å². The van der Waals surface area contributed by atoms with E-state index in [1.807, 2.05) is 6.26 Å².